The summed E-state index contributed by atoms with van der Waals surface area (Å²) in [7, 11) is -3.69. The third kappa shape index (κ3) is 5.02. The van der Waals surface area contributed by atoms with E-state index in [1.807, 2.05) is 0 Å². The molecular formula is C21H29N3O6S. The highest BCUT2D eigenvalue weighted by Crippen LogP contribution is 2.35. The fraction of sp³-hybridized carbons (Fsp3) is 0.619. The van der Waals surface area contributed by atoms with Crippen LogP contribution in [0.2, 0.25) is 0 Å². The fourth-order valence-electron chi connectivity index (χ4n) is 4.18. The second-order valence-electron chi connectivity index (χ2n) is 8.16. The summed E-state index contributed by atoms with van der Waals surface area (Å²) in [6.45, 7) is 1.69. The van der Waals surface area contributed by atoms with Crippen LogP contribution >= 0.6 is 0 Å². The van der Waals surface area contributed by atoms with Gasteiger partial charge in [0.25, 0.3) is 5.91 Å². The average molecular weight is 452 g/mol. The molecule has 0 bridgehead atoms. The third-order valence-electron chi connectivity index (χ3n) is 5.93. The Morgan fingerprint density at radius 2 is 1.90 bits per heavy atom. The standard InChI is InChI=1S/C21H29N3O6S/c25-20(22-13-16-6-5-11-29-16)14-24-18-12-17(7-8-19(18)30-15-21(24)26)31(27,28)23-9-3-1-2-4-10-23/h7-8,12,16H,1-6,9-11,13-15H2,(H,22,25). The van der Waals surface area contributed by atoms with Crippen molar-refractivity contribution in [2.45, 2.75) is 49.5 Å². The van der Waals surface area contributed by atoms with Gasteiger partial charge in [-0.15, -0.1) is 0 Å². The lowest BCUT2D eigenvalue weighted by Crippen LogP contribution is -2.46. The zero-order valence-electron chi connectivity index (χ0n) is 17.5. The predicted molar refractivity (Wildman–Crippen MR) is 114 cm³/mol. The van der Waals surface area contributed by atoms with Crippen LogP contribution in [-0.2, 0) is 24.3 Å². The first-order valence-corrected chi connectivity index (χ1v) is 12.3. The molecule has 2 fully saturated rings. The van der Waals surface area contributed by atoms with Gasteiger partial charge in [0, 0.05) is 26.2 Å². The van der Waals surface area contributed by atoms with Gasteiger partial charge in [-0.1, -0.05) is 12.8 Å². The number of nitrogens with zero attached hydrogens (tertiary/aromatic N) is 2. The van der Waals surface area contributed by atoms with Crippen molar-refractivity contribution < 1.29 is 27.5 Å². The Morgan fingerprint density at radius 3 is 2.61 bits per heavy atom. The third-order valence-corrected chi connectivity index (χ3v) is 7.82. The Balaban J connectivity index is 1.52. The van der Waals surface area contributed by atoms with Crippen molar-refractivity contribution in [3.05, 3.63) is 18.2 Å². The van der Waals surface area contributed by atoms with Crippen LogP contribution in [0.25, 0.3) is 0 Å². The molecule has 0 aromatic heterocycles. The second-order valence-corrected chi connectivity index (χ2v) is 10.1. The number of amides is 2. The van der Waals surface area contributed by atoms with Gasteiger partial charge in [0.2, 0.25) is 15.9 Å². The number of nitrogens with one attached hydrogen (secondary N) is 1. The molecule has 1 aromatic carbocycles. The van der Waals surface area contributed by atoms with Gasteiger partial charge in [-0.3, -0.25) is 14.5 Å². The molecule has 0 spiro atoms. The number of anilines is 1. The van der Waals surface area contributed by atoms with Crippen molar-refractivity contribution in [2.75, 3.05) is 44.3 Å². The smallest absolute Gasteiger partial charge is 0.265 e. The summed E-state index contributed by atoms with van der Waals surface area (Å²) in [4.78, 5) is 26.4. The molecular weight excluding hydrogens is 422 g/mol. The first kappa shape index (κ1) is 22.0. The summed E-state index contributed by atoms with van der Waals surface area (Å²) in [6.07, 6.45) is 5.59. The Hall–Kier alpha value is -2.17. The fourth-order valence-corrected chi connectivity index (χ4v) is 5.72. The summed E-state index contributed by atoms with van der Waals surface area (Å²) in [6, 6.07) is 4.51. The van der Waals surface area contributed by atoms with Crippen molar-refractivity contribution in [1.82, 2.24) is 9.62 Å². The largest absolute Gasteiger partial charge is 0.482 e. The van der Waals surface area contributed by atoms with Crippen molar-refractivity contribution >= 4 is 27.5 Å². The van der Waals surface area contributed by atoms with Gasteiger partial charge in [0.1, 0.15) is 12.3 Å². The van der Waals surface area contributed by atoms with E-state index in [4.69, 9.17) is 9.47 Å². The van der Waals surface area contributed by atoms with E-state index in [0.29, 0.717) is 37.7 Å². The molecule has 1 N–H and O–H groups in total. The maximum atomic E-state index is 13.2. The van der Waals surface area contributed by atoms with Crippen LogP contribution in [0.5, 0.6) is 5.75 Å². The van der Waals surface area contributed by atoms with E-state index in [1.165, 1.54) is 21.3 Å². The molecule has 2 saturated heterocycles. The van der Waals surface area contributed by atoms with Gasteiger partial charge in [-0.25, -0.2) is 8.42 Å². The second kappa shape index (κ2) is 9.54. The topological polar surface area (TPSA) is 105 Å². The Bertz CT molecular complexity index is 921. The van der Waals surface area contributed by atoms with Gasteiger partial charge in [-0.05, 0) is 43.9 Å². The van der Waals surface area contributed by atoms with E-state index in [2.05, 4.69) is 5.32 Å². The molecule has 0 aliphatic carbocycles. The van der Waals surface area contributed by atoms with Crippen LogP contribution in [0, 0.1) is 0 Å². The number of sulfonamides is 1. The van der Waals surface area contributed by atoms with Crippen LogP contribution in [-0.4, -0.2) is 70.0 Å². The van der Waals surface area contributed by atoms with Crippen LogP contribution < -0.4 is 15.0 Å². The van der Waals surface area contributed by atoms with Crippen molar-refractivity contribution in [1.29, 1.82) is 0 Å². The quantitative estimate of drug-likeness (QED) is 0.698. The zero-order chi connectivity index (χ0) is 21.8. The van der Waals surface area contributed by atoms with Crippen LogP contribution in [0.15, 0.2) is 23.1 Å². The Kier molecular flexibility index (Phi) is 6.78. The number of hydrogen-bond acceptors (Lipinski definition) is 6. The number of ether oxygens (including phenoxy) is 2. The molecule has 2 amide bonds. The van der Waals surface area contributed by atoms with E-state index in [1.54, 1.807) is 6.07 Å². The van der Waals surface area contributed by atoms with Crippen molar-refractivity contribution in [2.24, 2.45) is 0 Å². The molecule has 1 aromatic rings. The normalized spacial score (nSPS) is 22.5. The molecule has 3 aliphatic rings. The van der Waals surface area contributed by atoms with Crippen molar-refractivity contribution in [3.63, 3.8) is 0 Å². The minimum absolute atomic E-state index is 0.00185. The Morgan fingerprint density at radius 1 is 1.13 bits per heavy atom. The van der Waals surface area contributed by atoms with Crippen LogP contribution in [0.3, 0.4) is 0 Å². The summed E-state index contributed by atoms with van der Waals surface area (Å²) < 4.78 is 38.8. The molecule has 1 atom stereocenters. The molecule has 170 valence electrons. The number of rotatable bonds is 6. The highest BCUT2D eigenvalue weighted by molar-refractivity contribution is 7.89. The molecule has 3 aliphatic heterocycles. The van der Waals surface area contributed by atoms with Crippen LogP contribution in [0.4, 0.5) is 5.69 Å². The predicted octanol–water partition coefficient (Wildman–Crippen LogP) is 1.27. The Labute approximate surface area is 182 Å². The van der Waals surface area contributed by atoms with E-state index in [0.717, 1.165) is 38.5 Å². The lowest BCUT2D eigenvalue weighted by Gasteiger charge is -2.30. The van der Waals surface area contributed by atoms with Crippen LogP contribution in [0.1, 0.15) is 38.5 Å². The highest BCUT2D eigenvalue weighted by Gasteiger charge is 2.31. The minimum atomic E-state index is -3.69. The lowest BCUT2D eigenvalue weighted by atomic mass is 10.2. The van der Waals surface area contributed by atoms with Gasteiger partial charge >= 0.3 is 0 Å². The summed E-state index contributed by atoms with van der Waals surface area (Å²) in [5, 5.41) is 2.80. The average Bonchev–Trinajstić information content (AvgIpc) is 3.13. The number of benzene rings is 1. The summed E-state index contributed by atoms with van der Waals surface area (Å²) in [5.74, 6) is -0.317. The number of carbonyl (C=O) groups excluding carboxylic acids is 2. The maximum absolute atomic E-state index is 13.2. The summed E-state index contributed by atoms with van der Waals surface area (Å²) >= 11 is 0. The minimum Gasteiger partial charge on any atom is -0.482 e. The summed E-state index contributed by atoms with van der Waals surface area (Å²) in [5.41, 5.74) is 0.305. The first-order valence-electron chi connectivity index (χ1n) is 10.9. The van der Waals surface area contributed by atoms with E-state index in [9.17, 15) is 18.0 Å². The van der Waals surface area contributed by atoms with Crippen molar-refractivity contribution in [3.8, 4) is 5.75 Å². The number of carbonyl (C=O) groups is 2. The first-order chi connectivity index (χ1) is 14.9. The molecule has 4 rings (SSSR count). The van der Waals surface area contributed by atoms with Gasteiger partial charge < -0.3 is 14.8 Å². The molecule has 0 saturated carbocycles. The van der Waals surface area contributed by atoms with Gasteiger partial charge in [0.05, 0.1) is 16.7 Å². The number of hydrogen-bond donors (Lipinski definition) is 1. The van der Waals surface area contributed by atoms with Gasteiger partial charge in [0.15, 0.2) is 6.61 Å². The molecule has 10 heteroatoms. The lowest BCUT2D eigenvalue weighted by molar-refractivity contribution is -0.125. The number of fused-ring (bicyclic) bond motifs is 1. The maximum Gasteiger partial charge on any atom is 0.265 e. The SMILES string of the molecule is O=C(CN1C(=O)COc2ccc(S(=O)(=O)N3CCCCCC3)cc21)NCC1CCCO1. The molecule has 31 heavy (non-hydrogen) atoms. The molecule has 0 radical (unpaired) electrons. The van der Waals surface area contributed by atoms with E-state index >= 15 is 0 Å². The molecule has 1 unspecified atom stereocenters. The highest BCUT2D eigenvalue weighted by atomic mass is 32.2. The monoisotopic (exact) mass is 451 g/mol. The van der Waals surface area contributed by atoms with E-state index < -0.39 is 10.0 Å². The van der Waals surface area contributed by atoms with E-state index in [-0.39, 0.29) is 36.0 Å². The molecule has 9 nitrogen and oxygen atoms in total. The zero-order valence-corrected chi connectivity index (χ0v) is 18.4. The molecule has 3 heterocycles. The van der Waals surface area contributed by atoms with Gasteiger partial charge in [-0.2, -0.15) is 4.31 Å².